The van der Waals surface area contributed by atoms with Gasteiger partial charge in [0.15, 0.2) is 0 Å². The molecule has 1 amide bonds. The molecule has 0 saturated heterocycles. The van der Waals surface area contributed by atoms with Crippen LogP contribution >= 0.6 is 11.3 Å². The maximum atomic E-state index is 12.8. The molecule has 2 aromatic heterocycles. The summed E-state index contributed by atoms with van der Waals surface area (Å²) >= 11 is 1.57. The van der Waals surface area contributed by atoms with Crippen molar-refractivity contribution in [2.24, 2.45) is 5.92 Å². The first kappa shape index (κ1) is 15.3. The van der Waals surface area contributed by atoms with Gasteiger partial charge in [0, 0.05) is 10.9 Å². The van der Waals surface area contributed by atoms with E-state index >= 15 is 0 Å². The standard InChI is InChI=1S/C20H20N2OS/c1-12-6-4-10-21-17(12)18(14-8-9-14)22-20(23)16-11-15-7-3-5-13(2)19(15)24-16/h3-7,10-11,14,18H,8-9H2,1-2H3,(H,22,23). The molecule has 24 heavy (non-hydrogen) atoms. The Morgan fingerprint density at radius 2 is 2.00 bits per heavy atom. The van der Waals surface area contributed by atoms with E-state index in [1.165, 1.54) is 10.3 Å². The van der Waals surface area contributed by atoms with Crippen molar-refractivity contribution in [1.29, 1.82) is 0 Å². The van der Waals surface area contributed by atoms with E-state index in [4.69, 9.17) is 0 Å². The number of rotatable bonds is 4. The van der Waals surface area contributed by atoms with Crippen molar-refractivity contribution in [3.63, 3.8) is 0 Å². The molecule has 0 aliphatic heterocycles. The molecule has 1 fully saturated rings. The lowest BCUT2D eigenvalue weighted by Crippen LogP contribution is -2.30. The second-order valence-electron chi connectivity index (χ2n) is 6.60. The van der Waals surface area contributed by atoms with Gasteiger partial charge in [0.2, 0.25) is 0 Å². The zero-order valence-corrected chi connectivity index (χ0v) is 14.7. The Balaban J connectivity index is 1.63. The molecule has 3 nitrogen and oxygen atoms in total. The van der Waals surface area contributed by atoms with Gasteiger partial charge in [-0.15, -0.1) is 11.3 Å². The number of nitrogens with one attached hydrogen (secondary N) is 1. The third-order valence-electron chi connectivity index (χ3n) is 4.69. The number of hydrogen-bond acceptors (Lipinski definition) is 3. The first-order chi connectivity index (χ1) is 11.6. The van der Waals surface area contributed by atoms with E-state index in [1.54, 1.807) is 11.3 Å². The van der Waals surface area contributed by atoms with Crippen molar-refractivity contribution in [1.82, 2.24) is 10.3 Å². The van der Waals surface area contributed by atoms with Gasteiger partial charge >= 0.3 is 0 Å². The van der Waals surface area contributed by atoms with Crippen molar-refractivity contribution >= 4 is 27.3 Å². The normalized spacial score (nSPS) is 15.4. The first-order valence-electron chi connectivity index (χ1n) is 8.35. The fraction of sp³-hybridized carbons (Fsp3) is 0.300. The van der Waals surface area contributed by atoms with E-state index in [2.05, 4.69) is 42.3 Å². The number of aromatic nitrogens is 1. The summed E-state index contributed by atoms with van der Waals surface area (Å²) in [5, 5.41) is 4.38. The van der Waals surface area contributed by atoms with Gasteiger partial charge in [-0.05, 0) is 61.3 Å². The van der Waals surface area contributed by atoms with Crippen molar-refractivity contribution in [2.45, 2.75) is 32.7 Å². The molecule has 1 unspecified atom stereocenters. The Kier molecular flexibility index (Phi) is 3.85. The molecule has 2 heterocycles. The molecule has 0 bridgehead atoms. The number of hydrogen-bond donors (Lipinski definition) is 1. The molecule has 1 atom stereocenters. The minimum Gasteiger partial charge on any atom is -0.343 e. The highest BCUT2D eigenvalue weighted by atomic mass is 32.1. The Morgan fingerprint density at radius 3 is 2.71 bits per heavy atom. The number of carbonyl (C=O) groups excluding carboxylic acids is 1. The first-order valence-corrected chi connectivity index (χ1v) is 9.16. The zero-order chi connectivity index (χ0) is 16.7. The second kappa shape index (κ2) is 6.02. The number of fused-ring (bicyclic) bond motifs is 1. The predicted octanol–water partition coefficient (Wildman–Crippen LogP) is 4.79. The number of carbonyl (C=O) groups is 1. The maximum absolute atomic E-state index is 12.8. The van der Waals surface area contributed by atoms with Crippen LogP contribution in [0.25, 0.3) is 10.1 Å². The van der Waals surface area contributed by atoms with Gasteiger partial charge < -0.3 is 5.32 Å². The summed E-state index contributed by atoms with van der Waals surface area (Å²) in [7, 11) is 0. The predicted molar refractivity (Wildman–Crippen MR) is 98.5 cm³/mol. The van der Waals surface area contributed by atoms with E-state index in [1.807, 2.05) is 24.4 Å². The molecule has 0 radical (unpaired) electrons. The quantitative estimate of drug-likeness (QED) is 0.744. The number of nitrogens with zero attached hydrogens (tertiary/aromatic N) is 1. The SMILES string of the molecule is Cc1cccnc1C(NC(=O)c1cc2cccc(C)c2s1)C1CC1. The Hall–Kier alpha value is -2.20. The van der Waals surface area contributed by atoms with Crippen LogP contribution in [0.4, 0.5) is 0 Å². The average molecular weight is 336 g/mol. The molecule has 122 valence electrons. The monoisotopic (exact) mass is 336 g/mol. The van der Waals surface area contributed by atoms with Gasteiger partial charge in [0.25, 0.3) is 5.91 Å². The summed E-state index contributed by atoms with van der Waals surface area (Å²) in [6.07, 6.45) is 4.13. The average Bonchev–Trinajstić information content (AvgIpc) is 3.31. The highest BCUT2D eigenvalue weighted by Crippen LogP contribution is 2.41. The Bertz CT molecular complexity index is 911. The molecule has 4 heteroatoms. The van der Waals surface area contributed by atoms with Crippen LogP contribution in [0.15, 0.2) is 42.6 Å². The number of amides is 1. The van der Waals surface area contributed by atoms with E-state index in [0.717, 1.165) is 34.4 Å². The molecule has 0 spiro atoms. The molecule has 1 N–H and O–H groups in total. The number of pyridine rings is 1. The molecular weight excluding hydrogens is 316 g/mol. The van der Waals surface area contributed by atoms with E-state index < -0.39 is 0 Å². The van der Waals surface area contributed by atoms with Gasteiger partial charge in [-0.1, -0.05) is 24.3 Å². The fourth-order valence-corrected chi connectivity index (χ4v) is 4.23. The van der Waals surface area contributed by atoms with Crippen LogP contribution in [0.3, 0.4) is 0 Å². The lowest BCUT2D eigenvalue weighted by atomic mass is 10.0. The number of benzene rings is 1. The van der Waals surface area contributed by atoms with Crippen LogP contribution in [0, 0.1) is 19.8 Å². The van der Waals surface area contributed by atoms with Crippen LogP contribution in [0.5, 0.6) is 0 Å². The third kappa shape index (κ3) is 2.82. The third-order valence-corrected chi connectivity index (χ3v) is 5.97. The van der Waals surface area contributed by atoms with E-state index in [0.29, 0.717) is 5.92 Å². The van der Waals surface area contributed by atoms with Crippen LogP contribution in [0.2, 0.25) is 0 Å². The largest absolute Gasteiger partial charge is 0.343 e. The minimum atomic E-state index is 0.0116. The van der Waals surface area contributed by atoms with E-state index in [9.17, 15) is 4.79 Å². The summed E-state index contributed by atoms with van der Waals surface area (Å²) in [4.78, 5) is 18.1. The smallest absolute Gasteiger partial charge is 0.261 e. The van der Waals surface area contributed by atoms with Crippen LogP contribution in [-0.4, -0.2) is 10.9 Å². The highest BCUT2D eigenvalue weighted by molar-refractivity contribution is 7.21. The lowest BCUT2D eigenvalue weighted by Gasteiger charge is -2.19. The fourth-order valence-electron chi connectivity index (χ4n) is 3.20. The lowest BCUT2D eigenvalue weighted by molar-refractivity contribution is 0.0935. The summed E-state index contributed by atoms with van der Waals surface area (Å²) in [5.74, 6) is 0.524. The Labute approximate surface area is 145 Å². The van der Waals surface area contributed by atoms with Crippen molar-refractivity contribution in [3.05, 3.63) is 64.3 Å². The zero-order valence-electron chi connectivity index (χ0n) is 13.9. The van der Waals surface area contributed by atoms with Gasteiger partial charge in [-0.25, -0.2) is 0 Å². The topological polar surface area (TPSA) is 42.0 Å². The minimum absolute atomic E-state index is 0.0116. The molecule has 1 saturated carbocycles. The van der Waals surface area contributed by atoms with Crippen LogP contribution < -0.4 is 5.32 Å². The molecule has 1 aliphatic carbocycles. The molecule has 1 aromatic carbocycles. The number of thiophene rings is 1. The van der Waals surface area contributed by atoms with Crippen molar-refractivity contribution in [3.8, 4) is 0 Å². The van der Waals surface area contributed by atoms with Gasteiger partial charge in [-0.3, -0.25) is 9.78 Å². The van der Waals surface area contributed by atoms with Gasteiger partial charge in [0.1, 0.15) is 0 Å². The summed E-state index contributed by atoms with van der Waals surface area (Å²) in [6, 6.07) is 12.2. The molecular formula is C20H20N2OS. The number of aryl methyl sites for hydroxylation is 2. The van der Waals surface area contributed by atoms with E-state index in [-0.39, 0.29) is 11.9 Å². The van der Waals surface area contributed by atoms with Crippen molar-refractivity contribution in [2.75, 3.05) is 0 Å². The summed E-state index contributed by atoms with van der Waals surface area (Å²) in [5.41, 5.74) is 3.36. The van der Waals surface area contributed by atoms with Crippen LogP contribution in [-0.2, 0) is 0 Å². The van der Waals surface area contributed by atoms with Gasteiger partial charge in [-0.2, -0.15) is 0 Å². The van der Waals surface area contributed by atoms with Crippen molar-refractivity contribution < 1.29 is 4.79 Å². The highest BCUT2D eigenvalue weighted by Gasteiger charge is 2.35. The Morgan fingerprint density at radius 1 is 1.21 bits per heavy atom. The van der Waals surface area contributed by atoms with Gasteiger partial charge in [0.05, 0.1) is 16.6 Å². The summed E-state index contributed by atoms with van der Waals surface area (Å²) < 4.78 is 1.19. The molecule has 1 aliphatic rings. The second-order valence-corrected chi connectivity index (χ2v) is 7.65. The molecule has 3 aromatic rings. The summed E-state index contributed by atoms with van der Waals surface area (Å²) in [6.45, 7) is 4.15. The van der Waals surface area contributed by atoms with Crippen LogP contribution in [0.1, 0.15) is 45.4 Å². The molecule has 4 rings (SSSR count). The maximum Gasteiger partial charge on any atom is 0.261 e.